The monoisotopic (exact) mass is 294 g/mol. The number of aryl methyl sites for hydroxylation is 2. The molecule has 0 saturated heterocycles. The fraction of sp³-hybridized carbons (Fsp3) is 0.538. The molecule has 0 unspecified atom stereocenters. The number of hydrogen-bond acceptors (Lipinski definition) is 5. The van der Waals surface area contributed by atoms with Crippen LogP contribution in [-0.2, 0) is 12.8 Å². The largest absolute Gasteiger partial charge is 0.354 e. The first-order valence-electron chi connectivity index (χ1n) is 6.91. The van der Waals surface area contributed by atoms with Crippen molar-refractivity contribution in [3.8, 4) is 5.82 Å². The standard InChI is InChI=1S/C13H19ClN6/c1-4-7-15-13-16-8-9(14)12(18-13)20-11(6-3)17-10(5-2)19-20/h8H,4-7H2,1-3H3,(H,15,16,18). The van der Waals surface area contributed by atoms with Crippen LogP contribution in [0.25, 0.3) is 5.82 Å². The van der Waals surface area contributed by atoms with E-state index in [4.69, 9.17) is 11.6 Å². The van der Waals surface area contributed by atoms with Crippen LogP contribution >= 0.6 is 11.6 Å². The molecule has 0 spiro atoms. The van der Waals surface area contributed by atoms with E-state index in [0.29, 0.717) is 16.8 Å². The van der Waals surface area contributed by atoms with E-state index in [1.54, 1.807) is 10.9 Å². The van der Waals surface area contributed by atoms with Gasteiger partial charge in [0.2, 0.25) is 5.95 Å². The molecular weight excluding hydrogens is 276 g/mol. The maximum atomic E-state index is 6.20. The lowest BCUT2D eigenvalue weighted by Gasteiger charge is -2.08. The summed E-state index contributed by atoms with van der Waals surface area (Å²) in [6, 6.07) is 0. The Morgan fingerprint density at radius 1 is 1.20 bits per heavy atom. The molecule has 0 saturated carbocycles. The molecule has 0 amide bonds. The van der Waals surface area contributed by atoms with E-state index in [1.165, 1.54) is 0 Å². The molecule has 0 bridgehead atoms. The zero-order chi connectivity index (χ0) is 14.5. The van der Waals surface area contributed by atoms with Crippen LogP contribution in [0.2, 0.25) is 5.02 Å². The lowest BCUT2D eigenvalue weighted by atomic mass is 10.4. The second-order valence-electron chi connectivity index (χ2n) is 4.36. The zero-order valence-corrected chi connectivity index (χ0v) is 12.8. The van der Waals surface area contributed by atoms with Crippen molar-refractivity contribution in [1.29, 1.82) is 0 Å². The van der Waals surface area contributed by atoms with Crippen LogP contribution in [0.1, 0.15) is 38.8 Å². The van der Waals surface area contributed by atoms with E-state index in [2.05, 4.69) is 32.3 Å². The summed E-state index contributed by atoms with van der Waals surface area (Å²) in [4.78, 5) is 13.1. The maximum Gasteiger partial charge on any atom is 0.224 e. The maximum absolute atomic E-state index is 6.20. The molecule has 1 N–H and O–H groups in total. The molecule has 6 nitrogen and oxygen atoms in total. The molecule has 2 aromatic rings. The first kappa shape index (κ1) is 14.7. The Morgan fingerprint density at radius 2 is 2.00 bits per heavy atom. The lowest BCUT2D eigenvalue weighted by Crippen LogP contribution is -2.10. The Morgan fingerprint density at radius 3 is 2.65 bits per heavy atom. The van der Waals surface area contributed by atoms with Crippen LogP contribution in [0.5, 0.6) is 0 Å². The van der Waals surface area contributed by atoms with Gasteiger partial charge in [0.15, 0.2) is 11.6 Å². The number of anilines is 1. The Hall–Kier alpha value is -1.69. The average Bonchev–Trinajstić information content (AvgIpc) is 2.89. The molecule has 20 heavy (non-hydrogen) atoms. The first-order chi connectivity index (χ1) is 9.69. The number of hydrogen-bond donors (Lipinski definition) is 1. The molecule has 0 aromatic carbocycles. The molecule has 0 aliphatic carbocycles. The fourth-order valence-corrected chi connectivity index (χ4v) is 1.94. The molecule has 2 heterocycles. The topological polar surface area (TPSA) is 68.5 Å². The van der Waals surface area contributed by atoms with Crippen LogP contribution in [0.15, 0.2) is 6.20 Å². The molecule has 2 rings (SSSR count). The highest BCUT2D eigenvalue weighted by Gasteiger charge is 2.14. The second-order valence-corrected chi connectivity index (χ2v) is 4.76. The lowest BCUT2D eigenvalue weighted by molar-refractivity contribution is 0.765. The van der Waals surface area contributed by atoms with Crippen molar-refractivity contribution in [2.45, 2.75) is 40.0 Å². The third kappa shape index (κ3) is 3.07. The third-order valence-corrected chi connectivity index (χ3v) is 3.08. The summed E-state index contributed by atoms with van der Waals surface area (Å²) in [7, 11) is 0. The van der Waals surface area contributed by atoms with Gasteiger partial charge in [0.25, 0.3) is 0 Å². The molecule has 0 aliphatic heterocycles. The van der Waals surface area contributed by atoms with Crippen LogP contribution < -0.4 is 5.32 Å². The molecule has 0 radical (unpaired) electrons. The highest BCUT2D eigenvalue weighted by Crippen LogP contribution is 2.19. The summed E-state index contributed by atoms with van der Waals surface area (Å²) in [5.41, 5.74) is 0. The van der Waals surface area contributed by atoms with Crippen LogP contribution in [0.3, 0.4) is 0 Å². The first-order valence-corrected chi connectivity index (χ1v) is 7.28. The van der Waals surface area contributed by atoms with E-state index in [0.717, 1.165) is 37.5 Å². The highest BCUT2D eigenvalue weighted by atomic mass is 35.5. The van der Waals surface area contributed by atoms with Crippen LogP contribution in [0, 0.1) is 0 Å². The van der Waals surface area contributed by atoms with Crippen molar-refractivity contribution < 1.29 is 0 Å². The molecule has 2 aromatic heterocycles. The minimum absolute atomic E-state index is 0.467. The number of rotatable bonds is 6. The Labute approximate surface area is 123 Å². The molecule has 7 heteroatoms. The summed E-state index contributed by atoms with van der Waals surface area (Å²) >= 11 is 6.20. The minimum atomic E-state index is 0.467. The average molecular weight is 295 g/mol. The quantitative estimate of drug-likeness (QED) is 0.887. The van der Waals surface area contributed by atoms with Gasteiger partial charge in [0.05, 0.1) is 6.20 Å². The highest BCUT2D eigenvalue weighted by molar-refractivity contribution is 6.32. The molecule has 0 fully saturated rings. The van der Waals surface area contributed by atoms with E-state index >= 15 is 0 Å². The summed E-state index contributed by atoms with van der Waals surface area (Å²) in [6.07, 6.45) is 4.15. The number of aromatic nitrogens is 5. The van der Waals surface area contributed by atoms with Gasteiger partial charge >= 0.3 is 0 Å². The summed E-state index contributed by atoms with van der Waals surface area (Å²) in [5, 5.41) is 8.07. The van der Waals surface area contributed by atoms with Crippen molar-refractivity contribution in [2.24, 2.45) is 0 Å². The predicted molar refractivity (Wildman–Crippen MR) is 79.5 cm³/mol. The van der Waals surface area contributed by atoms with Crippen molar-refractivity contribution >= 4 is 17.5 Å². The van der Waals surface area contributed by atoms with Crippen molar-refractivity contribution in [2.75, 3.05) is 11.9 Å². The van der Waals surface area contributed by atoms with Crippen molar-refractivity contribution in [3.05, 3.63) is 22.9 Å². The molecule has 0 atom stereocenters. The van der Waals surface area contributed by atoms with Gasteiger partial charge < -0.3 is 5.32 Å². The van der Waals surface area contributed by atoms with Crippen LogP contribution in [-0.4, -0.2) is 31.3 Å². The van der Waals surface area contributed by atoms with Gasteiger partial charge in [-0.2, -0.15) is 9.67 Å². The van der Waals surface area contributed by atoms with Gasteiger partial charge in [-0.15, -0.1) is 5.10 Å². The van der Waals surface area contributed by atoms with E-state index in [9.17, 15) is 0 Å². The minimum Gasteiger partial charge on any atom is -0.354 e. The SMILES string of the molecule is CCCNc1ncc(Cl)c(-n2nc(CC)nc2CC)n1. The number of nitrogens with one attached hydrogen (secondary N) is 1. The van der Waals surface area contributed by atoms with Crippen molar-refractivity contribution in [3.63, 3.8) is 0 Å². The van der Waals surface area contributed by atoms with Gasteiger partial charge in [-0.05, 0) is 6.42 Å². The van der Waals surface area contributed by atoms with Gasteiger partial charge in [-0.3, -0.25) is 0 Å². The normalized spacial score (nSPS) is 10.8. The molecule has 0 aliphatic rings. The van der Waals surface area contributed by atoms with E-state index in [-0.39, 0.29) is 0 Å². The number of halogens is 1. The summed E-state index contributed by atoms with van der Waals surface area (Å²) < 4.78 is 1.71. The van der Waals surface area contributed by atoms with E-state index in [1.807, 2.05) is 13.8 Å². The third-order valence-electron chi connectivity index (χ3n) is 2.81. The zero-order valence-electron chi connectivity index (χ0n) is 12.0. The van der Waals surface area contributed by atoms with E-state index < -0.39 is 0 Å². The Balaban J connectivity index is 2.42. The van der Waals surface area contributed by atoms with Crippen LogP contribution in [0.4, 0.5) is 5.95 Å². The van der Waals surface area contributed by atoms with Gasteiger partial charge in [-0.25, -0.2) is 9.97 Å². The van der Waals surface area contributed by atoms with Gasteiger partial charge in [0.1, 0.15) is 10.8 Å². The summed E-state index contributed by atoms with van der Waals surface area (Å²) in [6.45, 7) is 6.96. The molecule has 108 valence electrons. The summed E-state index contributed by atoms with van der Waals surface area (Å²) in [5.74, 6) is 2.77. The van der Waals surface area contributed by atoms with Gasteiger partial charge in [0, 0.05) is 19.4 Å². The van der Waals surface area contributed by atoms with Crippen molar-refractivity contribution in [1.82, 2.24) is 24.7 Å². The Kier molecular flexibility index (Phi) is 4.89. The van der Waals surface area contributed by atoms with Gasteiger partial charge in [-0.1, -0.05) is 32.4 Å². The Bertz CT molecular complexity index is 580. The molecular formula is C13H19ClN6. The smallest absolute Gasteiger partial charge is 0.224 e. The number of nitrogens with zero attached hydrogens (tertiary/aromatic N) is 5. The predicted octanol–water partition coefficient (Wildman–Crippen LogP) is 2.66. The second kappa shape index (κ2) is 6.65. The fourth-order valence-electron chi connectivity index (χ4n) is 1.77.